The Morgan fingerprint density at radius 3 is 1.93 bits per heavy atom. The third kappa shape index (κ3) is 6.39. The lowest BCUT2D eigenvalue weighted by atomic mass is 9.91. The smallest absolute Gasteiger partial charge is 0.0623 e. The molecule has 0 aliphatic heterocycles. The number of hydrogen-bond acceptors (Lipinski definition) is 2. The van der Waals surface area contributed by atoms with E-state index in [0.29, 0.717) is 18.6 Å². The van der Waals surface area contributed by atoms with Gasteiger partial charge in [-0.25, -0.2) is 0 Å². The van der Waals surface area contributed by atoms with Crippen LogP contribution in [0.3, 0.4) is 0 Å². The van der Waals surface area contributed by atoms with Gasteiger partial charge in [-0.2, -0.15) is 0 Å². The molecule has 0 radical (unpaired) electrons. The maximum absolute atomic E-state index is 6.11. The lowest BCUT2D eigenvalue weighted by Crippen LogP contribution is -2.35. The van der Waals surface area contributed by atoms with E-state index in [0.717, 1.165) is 0 Å². The van der Waals surface area contributed by atoms with E-state index < -0.39 is 0 Å². The predicted octanol–water partition coefficient (Wildman–Crippen LogP) is 2.96. The first-order valence-corrected chi connectivity index (χ1v) is 5.98. The zero-order chi connectivity index (χ0) is 11.0. The van der Waals surface area contributed by atoms with Crippen molar-refractivity contribution in [2.75, 3.05) is 6.61 Å². The molecular formula is C12H27NO. The standard InChI is InChI=1S/C12H27NO/c1-5-7-11(8-6-2)12(13)9-14-10(3)4/h10-12H,5-9,13H2,1-4H3. The number of ether oxygens (including phenoxy) is 1. The fourth-order valence-electron chi connectivity index (χ4n) is 1.75. The van der Waals surface area contributed by atoms with E-state index in [1.807, 2.05) is 0 Å². The van der Waals surface area contributed by atoms with Crippen molar-refractivity contribution in [3.05, 3.63) is 0 Å². The summed E-state index contributed by atoms with van der Waals surface area (Å²) in [5.74, 6) is 0.642. The summed E-state index contributed by atoms with van der Waals surface area (Å²) in [5, 5.41) is 0. The topological polar surface area (TPSA) is 35.2 Å². The Morgan fingerprint density at radius 1 is 1.07 bits per heavy atom. The van der Waals surface area contributed by atoms with Gasteiger partial charge in [-0.3, -0.25) is 0 Å². The number of rotatable bonds is 8. The van der Waals surface area contributed by atoms with Crippen LogP contribution < -0.4 is 5.73 Å². The van der Waals surface area contributed by atoms with Crippen molar-refractivity contribution in [3.8, 4) is 0 Å². The van der Waals surface area contributed by atoms with Crippen LogP contribution in [-0.2, 0) is 4.74 Å². The third-order valence-corrected chi connectivity index (χ3v) is 2.55. The summed E-state index contributed by atoms with van der Waals surface area (Å²) < 4.78 is 5.55. The molecule has 0 heterocycles. The molecule has 0 spiro atoms. The van der Waals surface area contributed by atoms with Gasteiger partial charge in [0.05, 0.1) is 12.7 Å². The molecule has 2 heteroatoms. The minimum Gasteiger partial charge on any atom is -0.377 e. The normalized spacial score (nSPS) is 13.9. The first-order valence-electron chi connectivity index (χ1n) is 5.98. The van der Waals surface area contributed by atoms with E-state index in [1.165, 1.54) is 25.7 Å². The summed E-state index contributed by atoms with van der Waals surface area (Å²) in [4.78, 5) is 0. The zero-order valence-corrected chi connectivity index (χ0v) is 10.3. The van der Waals surface area contributed by atoms with Crippen molar-refractivity contribution in [3.63, 3.8) is 0 Å². The quantitative estimate of drug-likeness (QED) is 0.655. The van der Waals surface area contributed by atoms with E-state index in [4.69, 9.17) is 10.5 Å². The molecule has 0 saturated heterocycles. The lowest BCUT2D eigenvalue weighted by Gasteiger charge is -2.23. The highest BCUT2D eigenvalue weighted by Gasteiger charge is 2.16. The SMILES string of the molecule is CCCC(CCC)C(N)COC(C)C. The van der Waals surface area contributed by atoms with E-state index in [1.54, 1.807) is 0 Å². The van der Waals surface area contributed by atoms with Crippen molar-refractivity contribution in [2.24, 2.45) is 11.7 Å². The van der Waals surface area contributed by atoms with Gasteiger partial charge in [0, 0.05) is 6.04 Å². The first-order chi connectivity index (χ1) is 6.61. The molecule has 0 aromatic rings. The molecule has 0 fully saturated rings. The molecule has 1 atom stereocenters. The molecule has 0 aliphatic rings. The van der Waals surface area contributed by atoms with Crippen LogP contribution in [0.5, 0.6) is 0 Å². The van der Waals surface area contributed by atoms with Crippen molar-refractivity contribution in [1.29, 1.82) is 0 Å². The minimum absolute atomic E-state index is 0.220. The highest BCUT2D eigenvalue weighted by Crippen LogP contribution is 2.17. The van der Waals surface area contributed by atoms with Crippen LogP contribution in [0.1, 0.15) is 53.4 Å². The third-order valence-electron chi connectivity index (χ3n) is 2.55. The van der Waals surface area contributed by atoms with E-state index >= 15 is 0 Å². The molecule has 0 aromatic carbocycles. The largest absolute Gasteiger partial charge is 0.377 e. The molecule has 1 unspecified atom stereocenters. The van der Waals surface area contributed by atoms with E-state index in [9.17, 15) is 0 Å². The highest BCUT2D eigenvalue weighted by molar-refractivity contribution is 4.72. The minimum atomic E-state index is 0.220. The van der Waals surface area contributed by atoms with Gasteiger partial charge in [-0.05, 0) is 32.6 Å². The molecular weight excluding hydrogens is 174 g/mol. The van der Waals surface area contributed by atoms with Crippen LogP contribution in [0.15, 0.2) is 0 Å². The second-order valence-corrected chi connectivity index (χ2v) is 4.38. The zero-order valence-electron chi connectivity index (χ0n) is 10.3. The molecule has 0 amide bonds. The van der Waals surface area contributed by atoms with Crippen LogP contribution in [0.25, 0.3) is 0 Å². The predicted molar refractivity (Wildman–Crippen MR) is 62.4 cm³/mol. The molecule has 2 N–H and O–H groups in total. The van der Waals surface area contributed by atoms with Gasteiger partial charge in [-0.15, -0.1) is 0 Å². The van der Waals surface area contributed by atoms with Crippen LogP contribution in [0.2, 0.25) is 0 Å². The average Bonchev–Trinajstić information content (AvgIpc) is 2.14. The van der Waals surface area contributed by atoms with Gasteiger partial charge in [0.25, 0.3) is 0 Å². The van der Waals surface area contributed by atoms with Crippen molar-refractivity contribution < 1.29 is 4.74 Å². The highest BCUT2D eigenvalue weighted by atomic mass is 16.5. The second-order valence-electron chi connectivity index (χ2n) is 4.38. The Morgan fingerprint density at radius 2 is 1.57 bits per heavy atom. The summed E-state index contributed by atoms with van der Waals surface area (Å²) in [7, 11) is 0. The maximum atomic E-state index is 6.11. The number of nitrogens with two attached hydrogens (primary N) is 1. The Balaban J connectivity index is 3.81. The van der Waals surface area contributed by atoms with Crippen LogP contribution in [-0.4, -0.2) is 18.8 Å². The molecule has 0 aromatic heterocycles. The molecule has 86 valence electrons. The van der Waals surface area contributed by atoms with Crippen LogP contribution >= 0.6 is 0 Å². The van der Waals surface area contributed by atoms with Crippen LogP contribution in [0.4, 0.5) is 0 Å². The summed E-state index contributed by atoms with van der Waals surface area (Å²) in [6.45, 7) is 9.27. The van der Waals surface area contributed by atoms with E-state index in [-0.39, 0.29) is 6.04 Å². The molecule has 0 bridgehead atoms. The van der Waals surface area contributed by atoms with Crippen molar-refractivity contribution in [2.45, 2.75) is 65.5 Å². The van der Waals surface area contributed by atoms with Gasteiger partial charge in [0.15, 0.2) is 0 Å². The van der Waals surface area contributed by atoms with Gasteiger partial charge >= 0.3 is 0 Å². The van der Waals surface area contributed by atoms with Gasteiger partial charge in [0.2, 0.25) is 0 Å². The second kappa shape index (κ2) is 8.25. The van der Waals surface area contributed by atoms with E-state index in [2.05, 4.69) is 27.7 Å². The summed E-state index contributed by atoms with van der Waals surface area (Å²) in [6, 6.07) is 0.220. The van der Waals surface area contributed by atoms with Crippen molar-refractivity contribution in [1.82, 2.24) is 0 Å². The molecule has 2 nitrogen and oxygen atoms in total. The molecule has 0 aliphatic carbocycles. The maximum Gasteiger partial charge on any atom is 0.0623 e. The monoisotopic (exact) mass is 201 g/mol. The average molecular weight is 201 g/mol. The molecule has 0 rings (SSSR count). The Bertz CT molecular complexity index is 119. The summed E-state index contributed by atoms with van der Waals surface area (Å²) in [6.07, 6.45) is 5.21. The Kier molecular flexibility index (Phi) is 8.20. The number of hydrogen-bond donors (Lipinski definition) is 1. The molecule has 0 saturated carbocycles. The fourth-order valence-corrected chi connectivity index (χ4v) is 1.75. The van der Waals surface area contributed by atoms with Crippen LogP contribution in [0, 0.1) is 5.92 Å². The Labute approximate surface area is 89.2 Å². The van der Waals surface area contributed by atoms with Gasteiger partial charge in [0.1, 0.15) is 0 Å². The van der Waals surface area contributed by atoms with Gasteiger partial charge < -0.3 is 10.5 Å². The van der Waals surface area contributed by atoms with Crippen molar-refractivity contribution >= 4 is 0 Å². The summed E-state index contributed by atoms with van der Waals surface area (Å²) in [5.41, 5.74) is 6.11. The Hall–Kier alpha value is -0.0800. The molecule has 14 heavy (non-hydrogen) atoms. The van der Waals surface area contributed by atoms with Gasteiger partial charge in [-0.1, -0.05) is 26.7 Å². The lowest BCUT2D eigenvalue weighted by molar-refractivity contribution is 0.0550. The summed E-state index contributed by atoms with van der Waals surface area (Å²) >= 11 is 0. The fraction of sp³-hybridized carbons (Fsp3) is 1.00. The first kappa shape index (κ1) is 13.9.